The first-order chi connectivity index (χ1) is 9.19. The fourth-order valence-corrected chi connectivity index (χ4v) is 2.99. The van der Waals surface area contributed by atoms with Crippen LogP contribution in [0, 0.1) is 5.41 Å². The van der Waals surface area contributed by atoms with E-state index in [0.717, 1.165) is 17.5 Å². The molecule has 0 fully saturated rings. The van der Waals surface area contributed by atoms with Gasteiger partial charge in [-0.25, -0.2) is 0 Å². The lowest BCUT2D eigenvalue weighted by molar-refractivity contribution is 0.284. The van der Waals surface area contributed by atoms with Gasteiger partial charge in [0.1, 0.15) is 0 Å². The van der Waals surface area contributed by atoms with Crippen LogP contribution in [0.5, 0.6) is 0 Å². The van der Waals surface area contributed by atoms with Crippen LogP contribution in [-0.2, 0) is 5.41 Å². The molecular weight excluding hydrogens is 248 g/mol. The van der Waals surface area contributed by atoms with E-state index in [0.29, 0.717) is 11.3 Å². The molecule has 20 heavy (non-hydrogen) atoms. The molecule has 2 aromatic rings. The molecule has 2 rings (SSSR count). The van der Waals surface area contributed by atoms with Crippen molar-refractivity contribution in [1.29, 1.82) is 0 Å². The summed E-state index contributed by atoms with van der Waals surface area (Å²) in [7, 11) is 0. The fraction of sp³-hybridized carbons (Fsp3) is 0.471. The van der Waals surface area contributed by atoms with Crippen molar-refractivity contribution in [2.45, 2.75) is 46.5 Å². The van der Waals surface area contributed by atoms with Gasteiger partial charge >= 0.3 is 0 Å². The Morgan fingerprint density at radius 3 is 2.10 bits per heavy atom. The fourth-order valence-electron chi connectivity index (χ4n) is 2.99. The van der Waals surface area contributed by atoms with E-state index in [1.807, 2.05) is 0 Å². The van der Waals surface area contributed by atoms with Crippen molar-refractivity contribution in [3.63, 3.8) is 0 Å². The summed E-state index contributed by atoms with van der Waals surface area (Å²) >= 11 is 0. The van der Waals surface area contributed by atoms with E-state index in [9.17, 15) is 0 Å². The zero-order valence-corrected chi connectivity index (χ0v) is 13.0. The van der Waals surface area contributed by atoms with Crippen LogP contribution in [0.25, 0.3) is 11.1 Å². The molecular formula is C17H24N2O. The third kappa shape index (κ3) is 3.21. The number of nitrogens with two attached hydrogens (primary N) is 1. The highest BCUT2D eigenvalue weighted by Crippen LogP contribution is 2.37. The molecule has 0 saturated carbocycles. The maximum Gasteiger partial charge on any atom is 0.229 e. The van der Waals surface area contributed by atoms with Gasteiger partial charge in [0.2, 0.25) is 5.88 Å². The summed E-state index contributed by atoms with van der Waals surface area (Å²) in [5.41, 5.74) is 9.44. The number of benzene rings is 1. The molecule has 3 nitrogen and oxygen atoms in total. The van der Waals surface area contributed by atoms with Crippen molar-refractivity contribution in [3.8, 4) is 11.1 Å². The molecule has 108 valence electrons. The molecule has 1 heterocycles. The van der Waals surface area contributed by atoms with Gasteiger partial charge in [-0.05, 0) is 28.4 Å². The third-order valence-electron chi connectivity index (χ3n) is 3.55. The topological polar surface area (TPSA) is 52.0 Å². The molecule has 0 bridgehead atoms. The van der Waals surface area contributed by atoms with Gasteiger partial charge in [-0.3, -0.25) is 0 Å². The first-order valence-electron chi connectivity index (χ1n) is 7.00. The number of rotatable bonds is 3. The number of nitrogen functional groups attached to an aromatic ring is 1. The molecule has 0 amide bonds. The van der Waals surface area contributed by atoms with Crippen LogP contribution in [0.15, 0.2) is 35.0 Å². The molecule has 0 saturated heterocycles. The molecule has 0 aliphatic rings. The quantitative estimate of drug-likeness (QED) is 0.885. The lowest BCUT2D eigenvalue weighted by Gasteiger charge is -2.33. The molecule has 0 aliphatic heterocycles. The Kier molecular flexibility index (Phi) is 3.63. The highest BCUT2D eigenvalue weighted by molar-refractivity contribution is 5.71. The SMILES string of the molecule is CC(C)(C)CC(C)(C)c1ccc(-c2cnoc2N)cc1. The molecule has 0 aliphatic carbocycles. The van der Waals surface area contributed by atoms with Crippen LogP contribution in [0.4, 0.5) is 5.88 Å². The number of hydrogen-bond donors (Lipinski definition) is 1. The normalized spacial score (nSPS) is 12.7. The first kappa shape index (κ1) is 14.6. The lowest BCUT2D eigenvalue weighted by atomic mass is 9.72. The Hall–Kier alpha value is -1.77. The van der Waals surface area contributed by atoms with Crippen molar-refractivity contribution in [1.82, 2.24) is 5.16 Å². The summed E-state index contributed by atoms with van der Waals surface area (Å²) in [5, 5.41) is 3.72. The summed E-state index contributed by atoms with van der Waals surface area (Å²) in [5.74, 6) is 0.367. The van der Waals surface area contributed by atoms with Gasteiger partial charge in [-0.1, -0.05) is 64.0 Å². The second-order valence-corrected chi connectivity index (χ2v) is 7.30. The Morgan fingerprint density at radius 1 is 1.05 bits per heavy atom. The van der Waals surface area contributed by atoms with E-state index in [1.165, 1.54) is 5.56 Å². The smallest absolute Gasteiger partial charge is 0.229 e. The van der Waals surface area contributed by atoms with Crippen LogP contribution in [0.1, 0.15) is 46.6 Å². The van der Waals surface area contributed by atoms with Crippen LogP contribution in [0.2, 0.25) is 0 Å². The maximum absolute atomic E-state index is 5.75. The highest BCUT2D eigenvalue weighted by Gasteiger charge is 2.27. The Morgan fingerprint density at radius 2 is 1.65 bits per heavy atom. The highest BCUT2D eigenvalue weighted by atomic mass is 16.5. The molecule has 1 aromatic heterocycles. The van der Waals surface area contributed by atoms with E-state index in [-0.39, 0.29) is 5.41 Å². The number of aromatic nitrogens is 1. The van der Waals surface area contributed by atoms with Crippen molar-refractivity contribution >= 4 is 5.88 Å². The van der Waals surface area contributed by atoms with Crippen LogP contribution in [-0.4, -0.2) is 5.16 Å². The van der Waals surface area contributed by atoms with E-state index in [1.54, 1.807) is 6.20 Å². The Balaban J connectivity index is 2.26. The van der Waals surface area contributed by atoms with Gasteiger partial charge in [0.15, 0.2) is 0 Å². The zero-order valence-electron chi connectivity index (χ0n) is 13.0. The van der Waals surface area contributed by atoms with Crippen LogP contribution in [0.3, 0.4) is 0 Å². The Labute approximate surface area is 121 Å². The predicted octanol–water partition coefficient (Wildman–Crippen LogP) is 4.64. The van der Waals surface area contributed by atoms with Crippen molar-refractivity contribution in [2.75, 3.05) is 5.73 Å². The van der Waals surface area contributed by atoms with Gasteiger partial charge in [0.05, 0.1) is 11.8 Å². The average molecular weight is 272 g/mol. The van der Waals surface area contributed by atoms with E-state index in [4.69, 9.17) is 10.3 Å². The van der Waals surface area contributed by atoms with Crippen molar-refractivity contribution in [2.24, 2.45) is 5.41 Å². The summed E-state index contributed by atoms with van der Waals surface area (Å²) in [6, 6.07) is 8.52. The van der Waals surface area contributed by atoms with Gasteiger partial charge in [0, 0.05) is 0 Å². The summed E-state index contributed by atoms with van der Waals surface area (Å²) in [6.45, 7) is 11.4. The van der Waals surface area contributed by atoms with Gasteiger partial charge in [-0.15, -0.1) is 0 Å². The zero-order chi connectivity index (χ0) is 15.0. The second kappa shape index (κ2) is 4.97. The summed E-state index contributed by atoms with van der Waals surface area (Å²) in [6.07, 6.45) is 2.79. The number of anilines is 1. The molecule has 0 radical (unpaired) electrons. The summed E-state index contributed by atoms with van der Waals surface area (Å²) < 4.78 is 4.91. The monoisotopic (exact) mass is 272 g/mol. The minimum atomic E-state index is 0.150. The van der Waals surface area contributed by atoms with E-state index < -0.39 is 0 Å². The Bertz CT molecular complexity index is 574. The minimum absolute atomic E-state index is 0.150. The largest absolute Gasteiger partial charge is 0.367 e. The molecule has 0 atom stereocenters. The molecule has 0 unspecified atom stereocenters. The van der Waals surface area contributed by atoms with Gasteiger partial charge in [0.25, 0.3) is 0 Å². The third-order valence-corrected chi connectivity index (χ3v) is 3.55. The summed E-state index contributed by atoms with van der Waals surface area (Å²) in [4.78, 5) is 0. The maximum atomic E-state index is 5.75. The van der Waals surface area contributed by atoms with Gasteiger partial charge in [-0.2, -0.15) is 0 Å². The average Bonchev–Trinajstić information content (AvgIpc) is 2.72. The minimum Gasteiger partial charge on any atom is -0.367 e. The van der Waals surface area contributed by atoms with Crippen LogP contribution >= 0.6 is 0 Å². The van der Waals surface area contributed by atoms with Crippen molar-refractivity contribution in [3.05, 3.63) is 36.0 Å². The first-order valence-corrected chi connectivity index (χ1v) is 7.00. The molecule has 0 spiro atoms. The van der Waals surface area contributed by atoms with Crippen molar-refractivity contribution < 1.29 is 4.52 Å². The van der Waals surface area contributed by atoms with Gasteiger partial charge < -0.3 is 10.3 Å². The number of nitrogens with zero attached hydrogens (tertiary/aromatic N) is 1. The van der Waals surface area contributed by atoms with E-state index >= 15 is 0 Å². The van der Waals surface area contributed by atoms with E-state index in [2.05, 4.69) is 64.0 Å². The standard InChI is InChI=1S/C17H24N2O/c1-16(2,3)11-17(4,5)13-8-6-12(7-9-13)14-10-19-20-15(14)18/h6-10H,11,18H2,1-5H3. The molecule has 2 N–H and O–H groups in total. The lowest BCUT2D eigenvalue weighted by Crippen LogP contribution is -2.24. The molecule has 1 aromatic carbocycles. The second-order valence-electron chi connectivity index (χ2n) is 7.30. The molecule has 3 heteroatoms. The number of hydrogen-bond acceptors (Lipinski definition) is 3. The van der Waals surface area contributed by atoms with Crippen LogP contribution < -0.4 is 5.73 Å². The predicted molar refractivity (Wildman–Crippen MR) is 83.4 cm³/mol.